The number of amides is 1. The minimum atomic E-state index is 0.108. The van der Waals surface area contributed by atoms with Crippen molar-refractivity contribution in [2.75, 3.05) is 44.2 Å². The van der Waals surface area contributed by atoms with E-state index in [-0.39, 0.29) is 5.91 Å². The highest BCUT2D eigenvalue weighted by atomic mass is 16.2. The van der Waals surface area contributed by atoms with Crippen LogP contribution in [0.25, 0.3) is 0 Å². The Bertz CT molecular complexity index is 1010. The van der Waals surface area contributed by atoms with Crippen molar-refractivity contribution in [2.24, 2.45) is 0 Å². The number of piperazine rings is 1. The number of nitrogens with zero attached hydrogens (tertiary/aromatic N) is 5. The molecule has 6 heteroatoms. The van der Waals surface area contributed by atoms with E-state index in [1.807, 2.05) is 34.0 Å². The van der Waals surface area contributed by atoms with Crippen molar-refractivity contribution in [1.29, 1.82) is 0 Å². The van der Waals surface area contributed by atoms with E-state index in [4.69, 9.17) is 0 Å². The Morgan fingerprint density at radius 1 is 0.906 bits per heavy atom. The molecule has 0 saturated carbocycles. The van der Waals surface area contributed by atoms with Crippen LogP contribution in [0.2, 0.25) is 0 Å². The SMILES string of the molecule is O=C(c1cnn(Cc2ccccc2)c1)N1CCC[C@@H](N2CCN(c3ccccc3)CC2)C1. The number of hydrogen-bond acceptors (Lipinski definition) is 4. The fraction of sp³-hybridized carbons (Fsp3) is 0.385. The molecule has 166 valence electrons. The van der Waals surface area contributed by atoms with Crippen LogP contribution >= 0.6 is 0 Å². The lowest BCUT2D eigenvalue weighted by molar-refractivity contribution is 0.0563. The molecule has 1 aromatic heterocycles. The van der Waals surface area contributed by atoms with Gasteiger partial charge in [-0.1, -0.05) is 48.5 Å². The van der Waals surface area contributed by atoms with E-state index in [1.165, 1.54) is 17.7 Å². The number of anilines is 1. The van der Waals surface area contributed by atoms with Crippen molar-refractivity contribution < 1.29 is 4.79 Å². The van der Waals surface area contributed by atoms with Crippen molar-refractivity contribution in [3.05, 3.63) is 84.2 Å². The number of hydrogen-bond donors (Lipinski definition) is 0. The van der Waals surface area contributed by atoms with E-state index in [9.17, 15) is 4.79 Å². The van der Waals surface area contributed by atoms with Crippen molar-refractivity contribution in [3.63, 3.8) is 0 Å². The lowest BCUT2D eigenvalue weighted by atomic mass is 10.0. The van der Waals surface area contributed by atoms with Gasteiger partial charge >= 0.3 is 0 Å². The number of piperidine rings is 1. The predicted molar refractivity (Wildman–Crippen MR) is 127 cm³/mol. The van der Waals surface area contributed by atoms with Crippen molar-refractivity contribution in [1.82, 2.24) is 19.6 Å². The molecule has 0 radical (unpaired) electrons. The number of carbonyl (C=O) groups is 1. The van der Waals surface area contributed by atoms with Crippen LogP contribution in [0.15, 0.2) is 73.1 Å². The summed E-state index contributed by atoms with van der Waals surface area (Å²) >= 11 is 0. The van der Waals surface area contributed by atoms with Gasteiger partial charge in [0.1, 0.15) is 0 Å². The summed E-state index contributed by atoms with van der Waals surface area (Å²) in [6.45, 7) is 6.52. The van der Waals surface area contributed by atoms with E-state index in [0.717, 1.165) is 45.7 Å². The maximum absolute atomic E-state index is 13.2. The third-order valence-corrected chi connectivity index (χ3v) is 6.70. The third kappa shape index (κ3) is 4.70. The van der Waals surface area contributed by atoms with Gasteiger partial charge in [-0.25, -0.2) is 0 Å². The van der Waals surface area contributed by atoms with Crippen LogP contribution in [0.1, 0.15) is 28.8 Å². The van der Waals surface area contributed by atoms with Crippen LogP contribution in [0.4, 0.5) is 5.69 Å². The van der Waals surface area contributed by atoms with E-state index < -0.39 is 0 Å². The lowest BCUT2D eigenvalue weighted by Gasteiger charge is -2.43. The molecule has 32 heavy (non-hydrogen) atoms. The molecule has 0 aliphatic carbocycles. The maximum atomic E-state index is 13.2. The summed E-state index contributed by atoms with van der Waals surface area (Å²) in [5.41, 5.74) is 3.18. The fourth-order valence-electron chi connectivity index (χ4n) is 4.93. The number of benzene rings is 2. The van der Waals surface area contributed by atoms with Gasteiger partial charge in [0.25, 0.3) is 5.91 Å². The van der Waals surface area contributed by atoms with Crippen LogP contribution in [0, 0.1) is 0 Å². The molecular formula is C26H31N5O. The van der Waals surface area contributed by atoms with Crippen LogP contribution in [-0.4, -0.2) is 70.8 Å². The summed E-state index contributed by atoms with van der Waals surface area (Å²) in [7, 11) is 0. The summed E-state index contributed by atoms with van der Waals surface area (Å²) in [5, 5.41) is 4.43. The lowest BCUT2D eigenvalue weighted by Crippen LogP contribution is -2.55. The maximum Gasteiger partial charge on any atom is 0.257 e. The van der Waals surface area contributed by atoms with Gasteiger partial charge in [0.2, 0.25) is 0 Å². The highest BCUT2D eigenvalue weighted by Crippen LogP contribution is 2.22. The molecule has 2 aromatic carbocycles. The Kier molecular flexibility index (Phi) is 6.21. The second kappa shape index (κ2) is 9.57. The van der Waals surface area contributed by atoms with Gasteiger partial charge in [0.15, 0.2) is 0 Å². The Morgan fingerprint density at radius 2 is 1.62 bits per heavy atom. The molecule has 0 unspecified atom stereocenters. The minimum absolute atomic E-state index is 0.108. The molecule has 2 aliphatic heterocycles. The zero-order valence-corrected chi connectivity index (χ0v) is 18.5. The van der Waals surface area contributed by atoms with Crippen LogP contribution in [0.5, 0.6) is 0 Å². The first-order valence-corrected chi connectivity index (χ1v) is 11.7. The second-order valence-electron chi connectivity index (χ2n) is 8.82. The van der Waals surface area contributed by atoms with Gasteiger partial charge in [0.05, 0.1) is 18.3 Å². The zero-order chi connectivity index (χ0) is 21.8. The second-order valence-corrected chi connectivity index (χ2v) is 8.82. The Morgan fingerprint density at radius 3 is 2.38 bits per heavy atom. The van der Waals surface area contributed by atoms with Gasteiger partial charge in [0, 0.05) is 57.2 Å². The Hall–Kier alpha value is -3.12. The quantitative estimate of drug-likeness (QED) is 0.624. The zero-order valence-electron chi connectivity index (χ0n) is 18.5. The smallest absolute Gasteiger partial charge is 0.257 e. The Labute approximate surface area is 190 Å². The molecule has 1 atom stereocenters. The largest absolute Gasteiger partial charge is 0.369 e. The minimum Gasteiger partial charge on any atom is -0.369 e. The molecule has 5 rings (SSSR count). The van der Waals surface area contributed by atoms with Gasteiger partial charge in [-0.3, -0.25) is 14.4 Å². The van der Waals surface area contributed by atoms with Crippen molar-refractivity contribution in [2.45, 2.75) is 25.4 Å². The summed E-state index contributed by atoms with van der Waals surface area (Å²) in [4.78, 5) is 20.2. The normalized spacial score (nSPS) is 19.8. The Balaban J connectivity index is 1.17. The number of aromatic nitrogens is 2. The molecule has 3 aromatic rings. The number of carbonyl (C=O) groups excluding carboxylic acids is 1. The molecule has 0 spiro atoms. The molecule has 0 bridgehead atoms. The first-order valence-electron chi connectivity index (χ1n) is 11.7. The van der Waals surface area contributed by atoms with Gasteiger partial charge in [-0.05, 0) is 30.5 Å². The van der Waals surface area contributed by atoms with Crippen molar-refractivity contribution >= 4 is 11.6 Å². The average molecular weight is 430 g/mol. The van der Waals surface area contributed by atoms with Crippen LogP contribution in [-0.2, 0) is 6.54 Å². The van der Waals surface area contributed by atoms with E-state index in [0.29, 0.717) is 18.2 Å². The summed E-state index contributed by atoms with van der Waals surface area (Å²) in [6, 6.07) is 21.3. The molecule has 2 aliphatic rings. The number of para-hydroxylation sites is 1. The molecule has 2 saturated heterocycles. The molecule has 1 amide bonds. The van der Waals surface area contributed by atoms with Crippen molar-refractivity contribution in [3.8, 4) is 0 Å². The highest BCUT2D eigenvalue weighted by molar-refractivity contribution is 5.93. The first kappa shape index (κ1) is 20.8. The summed E-state index contributed by atoms with van der Waals surface area (Å²) in [6.07, 6.45) is 5.83. The average Bonchev–Trinajstić information content (AvgIpc) is 3.33. The van der Waals surface area contributed by atoms with Gasteiger partial charge in [-0.15, -0.1) is 0 Å². The van der Waals surface area contributed by atoms with E-state index in [1.54, 1.807) is 6.20 Å². The van der Waals surface area contributed by atoms with Gasteiger partial charge < -0.3 is 9.80 Å². The fourth-order valence-corrected chi connectivity index (χ4v) is 4.93. The molecule has 3 heterocycles. The van der Waals surface area contributed by atoms with Crippen LogP contribution < -0.4 is 4.90 Å². The van der Waals surface area contributed by atoms with E-state index in [2.05, 4.69) is 57.4 Å². The third-order valence-electron chi connectivity index (χ3n) is 6.70. The predicted octanol–water partition coefficient (Wildman–Crippen LogP) is 3.36. The molecular weight excluding hydrogens is 398 g/mol. The van der Waals surface area contributed by atoms with Crippen LogP contribution in [0.3, 0.4) is 0 Å². The highest BCUT2D eigenvalue weighted by Gasteiger charge is 2.30. The topological polar surface area (TPSA) is 44.6 Å². The van der Waals surface area contributed by atoms with Gasteiger partial charge in [-0.2, -0.15) is 5.10 Å². The number of rotatable bonds is 5. The summed E-state index contributed by atoms with van der Waals surface area (Å²) < 4.78 is 1.85. The molecule has 0 N–H and O–H groups in total. The number of likely N-dealkylation sites (tertiary alicyclic amines) is 1. The monoisotopic (exact) mass is 429 g/mol. The standard InChI is InChI=1S/C26H31N5O/c32-26(23-18-27-31(20-23)19-22-8-3-1-4-9-22)30-13-7-12-25(21-30)29-16-14-28(15-17-29)24-10-5-2-6-11-24/h1-6,8-11,18,20,25H,7,12-17,19,21H2/t25-/m1/s1. The van der Waals surface area contributed by atoms with E-state index >= 15 is 0 Å². The molecule has 6 nitrogen and oxygen atoms in total. The first-order chi connectivity index (χ1) is 15.8. The summed E-state index contributed by atoms with van der Waals surface area (Å²) in [5.74, 6) is 0.108. The molecule has 2 fully saturated rings.